The highest BCUT2D eigenvalue weighted by Crippen LogP contribution is 2.29. The van der Waals surface area contributed by atoms with Crippen LogP contribution in [0.2, 0.25) is 0 Å². The molecule has 1 aromatic rings. The first kappa shape index (κ1) is 20.5. The molecule has 0 aliphatic rings. The number of methoxy groups -OCH3 is 1. The first-order chi connectivity index (χ1) is 11.8. The predicted octanol–water partition coefficient (Wildman–Crippen LogP) is 4.35. The second-order valence-corrected chi connectivity index (χ2v) is 5.90. The average molecular weight is 342 g/mol. The fourth-order valence-electron chi connectivity index (χ4n) is 2.50. The summed E-state index contributed by atoms with van der Waals surface area (Å²) in [5, 5.41) is 18.3. The number of carboxylic acid groups (broad SMARTS) is 1. The SMILES string of the molecule is COc1cc(C)c(/C=C/C(C)=C/C=C/C(C)=C\C(=O)O)c(C)c1CO. The molecule has 0 spiro atoms. The van der Waals surface area contributed by atoms with Crippen LogP contribution in [0.5, 0.6) is 5.75 Å². The van der Waals surface area contributed by atoms with E-state index in [1.165, 1.54) is 0 Å². The number of hydrogen-bond acceptors (Lipinski definition) is 3. The molecule has 25 heavy (non-hydrogen) atoms. The van der Waals surface area contributed by atoms with E-state index in [4.69, 9.17) is 9.84 Å². The number of carboxylic acids is 1. The van der Waals surface area contributed by atoms with Gasteiger partial charge in [-0.15, -0.1) is 0 Å². The summed E-state index contributed by atoms with van der Waals surface area (Å²) in [6.45, 7) is 7.63. The molecule has 0 saturated carbocycles. The molecule has 0 aliphatic carbocycles. The van der Waals surface area contributed by atoms with Crippen LogP contribution in [0, 0.1) is 13.8 Å². The van der Waals surface area contributed by atoms with Crippen LogP contribution in [-0.2, 0) is 11.4 Å². The van der Waals surface area contributed by atoms with Gasteiger partial charge in [0.2, 0.25) is 0 Å². The van der Waals surface area contributed by atoms with E-state index >= 15 is 0 Å². The Morgan fingerprint density at radius 3 is 2.44 bits per heavy atom. The number of carbonyl (C=O) groups is 1. The molecule has 1 rings (SSSR count). The van der Waals surface area contributed by atoms with Gasteiger partial charge in [-0.2, -0.15) is 0 Å². The number of aliphatic hydroxyl groups excluding tert-OH is 1. The molecule has 0 aromatic heterocycles. The van der Waals surface area contributed by atoms with Gasteiger partial charge in [-0.05, 0) is 56.0 Å². The second-order valence-electron chi connectivity index (χ2n) is 5.90. The predicted molar refractivity (Wildman–Crippen MR) is 102 cm³/mol. The molecule has 2 N–H and O–H groups in total. The van der Waals surface area contributed by atoms with Gasteiger partial charge >= 0.3 is 5.97 Å². The van der Waals surface area contributed by atoms with Crippen molar-refractivity contribution in [3.05, 3.63) is 69.8 Å². The molecule has 0 aliphatic heterocycles. The van der Waals surface area contributed by atoms with Gasteiger partial charge < -0.3 is 14.9 Å². The summed E-state index contributed by atoms with van der Waals surface area (Å²) >= 11 is 0. The molecule has 1 aromatic carbocycles. The molecular formula is C21H26O4. The zero-order valence-electron chi connectivity index (χ0n) is 15.5. The monoisotopic (exact) mass is 342 g/mol. The van der Waals surface area contributed by atoms with Crippen LogP contribution < -0.4 is 4.74 Å². The van der Waals surface area contributed by atoms with Crippen LogP contribution >= 0.6 is 0 Å². The van der Waals surface area contributed by atoms with Crippen LogP contribution in [-0.4, -0.2) is 23.3 Å². The van der Waals surface area contributed by atoms with E-state index in [1.807, 2.05) is 51.1 Å². The molecule has 0 bridgehead atoms. The molecule has 0 fully saturated rings. The number of aryl methyl sites for hydroxylation is 1. The number of allylic oxidation sites excluding steroid dienone is 6. The maximum Gasteiger partial charge on any atom is 0.328 e. The minimum Gasteiger partial charge on any atom is -0.496 e. The fourth-order valence-corrected chi connectivity index (χ4v) is 2.50. The van der Waals surface area contributed by atoms with Crippen LogP contribution in [0.1, 0.15) is 36.1 Å². The van der Waals surface area contributed by atoms with E-state index < -0.39 is 5.97 Å². The standard InChI is InChI=1S/C21H26O4/c1-14(7-6-8-15(2)11-21(23)24)9-10-18-16(3)12-20(25-5)19(13-22)17(18)4/h6-12,22H,13H2,1-5H3,(H,23,24)/b8-6+,10-9+,14-7+,15-11-. The van der Waals surface area contributed by atoms with Crippen molar-refractivity contribution in [2.24, 2.45) is 0 Å². The number of aliphatic hydroxyl groups is 1. The number of ether oxygens (including phenoxy) is 1. The second kappa shape index (κ2) is 9.64. The quantitative estimate of drug-likeness (QED) is 0.571. The van der Waals surface area contributed by atoms with Crippen molar-refractivity contribution in [1.82, 2.24) is 0 Å². The Kier molecular flexibility index (Phi) is 7.89. The topological polar surface area (TPSA) is 66.8 Å². The summed E-state index contributed by atoms with van der Waals surface area (Å²) in [6.07, 6.45) is 10.7. The number of rotatable bonds is 7. The summed E-state index contributed by atoms with van der Waals surface area (Å²) in [6, 6.07) is 1.93. The molecule has 0 heterocycles. The third-order valence-electron chi connectivity index (χ3n) is 3.89. The molecule has 134 valence electrons. The maximum atomic E-state index is 10.6. The Morgan fingerprint density at radius 1 is 1.20 bits per heavy atom. The van der Waals surface area contributed by atoms with Crippen molar-refractivity contribution < 1.29 is 19.7 Å². The van der Waals surface area contributed by atoms with Gasteiger partial charge in [0.15, 0.2) is 0 Å². The van der Waals surface area contributed by atoms with Crippen molar-refractivity contribution >= 4 is 12.0 Å². The number of aliphatic carboxylic acids is 1. The van der Waals surface area contributed by atoms with Crippen LogP contribution in [0.15, 0.2) is 47.6 Å². The van der Waals surface area contributed by atoms with Crippen LogP contribution in [0.25, 0.3) is 6.08 Å². The summed E-state index contributed by atoms with van der Waals surface area (Å²) in [5.74, 6) is -0.251. The van der Waals surface area contributed by atoms with Gasteiger partial charge in [0.25, 0.3) is 0 Å². The van der Waals surface area contributed by atoms with E-state index in [0.717, 1.165) is 33.9 Å². The van der Waals surface area contributed by atoms with E-state index in [2.05, 4.69) is 0 Å². The van der Waals surface area contributed by atoms with Crippen molar-refractivity contribution in [1.29, 1.82) is 0 Å². The molecule has 0 radical (unpaired) electrons. The van der Waals surface area contributed by atoms with Gasteiger partial charge in [0, 0.05) is 11.6 Å². The molecule has 4 heteroatoms. The largest absolute Gasteiger partial charge is 0.496 e. The van der Waals surface area contributed by atoms with Crippen molar-refractivity contribution in [3.63, 3.8) is 0 Å². The van der Waals surface area contributed by atoms with Gasteiger partial charge in [-0.25, -0.2) is 4.79 Å². The van der Waals surface area contributed by atoms with Crippen LogP contribution in [0.3, 0.4) is 0 Å². The lowest BCUT2D eigenvalue weighted by molar-refractivity contribution is -0.131. The minimum atomic E-state index is -0.951. The molecule has 0 atom stereocenters. The highest BCUT2D eigenvalue weighted by atomic mass is 16.5. The summed E-state index contributed by atoms with van der Waals surface area (Å²) in [5.41, 5.74) is 5.63. The molecule has 0 saturated heterocycles. The Labute approximate surface area is 149 Å². The Balaban J connectivity index is 3.04. The molecule has 4 nitrogen and oxygen atoms in total. The first-order valence-corrected chi connectivity index (χ1v) is 8.02. The Morgan fingerprint density at radius 2 is 1.88 bits per heavy atom. The molecular weight excluding hydrogens is 316 g/mol. The highest BCUT2D eigenvalue weighted by molar-refractivity contribution is 5.81. The Bertz CT molecular complexity index is 750. The molecule has 0 amide bonds. The summed E-state index contributed by atoms with van der Waals surface area (Å²) < 4.78 is 5.33. The summed E-state index contributed by atoms with van der Waals surface area (Å²) in [7, 11) is 1.60. The third-order valence-corrected chi connectivity index (χ3v) is 3.89. The molecule has 0 unspecified atom stereocenters. The summed E-state index contributed by atoms with van der Waals surface area (Å²) in [4.78, 5) is 10.6. The zero-order valence-corrected chi connectivity index (χ0v) is 15.5. The lowest BCUT2D eigenvalue weighted by Crippen LogP contribution is -1.99. The lowest BCUT2D eigenvalue weighted by Gasteiger charge is -2.15. The highest BCUT2D eigenvalue weighted by Gasteiger charge is 2.11. The fraction of sp³-hybridized carbons (Fsp3) is 0.286. The van der Waals surface area contributed by atoms with Gasteiger partial charge in [-0.1, -0.05) is 36.0 Å². The van der Waals surface area contributed by atoms with E-state index in [0.29, 0.717) is 11.3 Å². The smallest absolute Gasteiger partial charge is 0.328 e. The maximum absolute atomic E-state index is 10.6. The van der Waals surface area contributed by atoms with Gasteiger partial charge in [-0.3, -0.25) is 0 Å². The third kappa shape index (κ3) is 6.08. The van der Waals surface area contributed by atoms with Gasteiger partial charge in [0.05, 0.1) is 13.7 Å². The van der Waals surface area contributed by atoms with Crippen LogP contribution in [0.4, 0.5) is 0 Å². The van der Waals surface area contributed by atoms with Crippen molar-refractivity contribution in [2.75, 3.05) is 7.11 Å². The Hall–Kier alpha value is -2.59. The van der Waals surface area contributed by atoms with Crippen molar-refractivity contribution in [2.45, 2.75) is 34.3 Å². The van der Waals surface area contributed by atoms with Crippen molar-refractivity contribution in [3.8, 4) is 5.75 Å². The van der Waals surface area contributed by atoms with E-state index in [-0.39, 0.29) is 6.61 Å². The zero-order chi connectivity index (χ0) is 19.0. The first-order valence-electron chi connectivity index (χ1n) is 8.02. The normalized spacial score (nSPS) is 13.0. The minimum absolute atomic E-state index is 0.0666. The number of hydrogen-bond donors (Lipinski definition) is 2. The van der Waals surface area contributed by atoms with E-state index in [1.54, 1.807) is 20.1 Å². The average Bonchev–Trinajstić information content (AvgIpc) is 2.53. The van der Waals surface area contributed by atoms with E-state index in [9.17, 15) is 9.90 Å². The lowest BCUT2D eigenvalue weighted by atomic mass is 9.96. The number of benzene rings is 1. The van der Waals surface area contributed by atoms with Gasteiger partial charge in [0.1, 0.15) is 5.75 Å².